The number of pyridine rings is 1. The molecule has 0 saturated heterocycles. The average Bonchev–Trinajstić information content (AvgIpc) is 3.11. The van der Waals surface area contributed by atoms with Crippen molar-refractivity contribution in [3.63, 3.8) is 0 Å². The molecule has 1 N–H and O–H groups in total. The van der Waals surface area contributed by atoms with Crippen molar-refractivity contribution in [1.29, 1.82) is 0 Å². The van der Waals surface area contributed by atoms with Gasteiger partial charge in [-0.2, -0.15) is 0 Å². The van der Waals surface area contributed by atoms with Gasteiger partial charge in [0, 0.05) is 43.2 Å². The Labute approximate surface area is 176 Å². The quantitative estimate of drug-likeness (QED) is 0.651. The summed E-state index contributed by atoms with van der Waals surface area (Å²) in [6.07, 6.45) is 2.62. The van der Waals surface area contributed by atoms with Gasteiger partial charge in [0.1, 0.15) is 5.82 Å². The van der Waals surface area contributed by atoms with Crippen molar-refractivity contribution in [2.75, 3.05) is 18.0 Å². The van der Waals surface area contributed by atoms with Crippen molar-refractivity contribution in [3.05, 3.63) is 54.0 Å². The first-order valence-corrected chi connectivity index (χ1v) is 11.4. The SMILES string of the molecule is CCN1C(=O)CC(C)(C)c2cc(S(=O)(=O)NCCc3nnc4ccccn34)ccc21. The molecule has 3 heterocycles. The highest BCUT2D eigenvalue weighted by Crippen LogP contribution is 2.41. The molecular weight excluding hydrogens is 402 g/mol. The molecule has 1 aromatic carbocycles. The van der Waals surface area contributed by atoms with Crippen LogP contribution in [0.25, 0.3) is 5.65 Å². The number of anilines is 1. The highest BCUT2D eigenvalue weighted by Gasteiger charge is 2.36. The van der Waals surface area contributed by atoms with E-state index < -0.39 is 15.4 Å². The van der Waals surface area contributed by atoms with Gasteiger partial charge >= 0.3 is 0 Å². The van der Waals surface area contributed by atoms with Gasteiger partial charge < -0.3 is 4.90 Å². The molecule has 4 rings (SSSR count). The van der Waals surface area contributed by atoms with E-state index in [1.807, 2.05) is 49.6 Å². The Bertz CT molecular complexity index is 1220. The summed E-state index contributed by atoms with van der Waals surface area (Å²) in [5.41, 5.74) is 1.95. The van der Waals surface area contributed by atoms with Crippen molar-refractivity contribution < 1.29 is 13.2 Å². The maximum absolute atomic E-state index is 12.9. The van der Waals surface area contributed by atoms with E-state index >= 15 is 0 Å². The number of carbonyl (C=O) groups excluding carboxylic acids is 1. The minimum Gasteiger partial charge on any atom is -0.312 e. The normalized spacial score (nSPS) is 16.1. The molecule has 0 radical (unpaired) electrons. The molecule has 8 nitrogen and oxygen atoms in total. The molecule has 0 fully saturated rings. The van der Waals surface area contributed by atoms with E-state index in [1.165, 1.54) is 0 Å². The fourth-order valence-electron chi connectivity index (χ4n) is 3.95. The summed E-state index contributed by atoms with van der Waals surface area (Å²) in [5.74, 6) is 0.751. The highest BCUT2D eigenvalue weighted by molar-refractivity contribution is 7.89. The van der Waals surface area contributed by atoms with Crippen molar-refractivity contribution in [2.45, 2.75) is 43.9 Å². The number of benzene rings is 1. The van der Waals surface area contributed by atoms with E-state index in [0.717, 1.165) is 16.9 Å². The summed E-state index contributed by atoms with van der Waals surface area (Å²) in [6, 6.07) is 10.6. The third kappa shape index (κ3) is 3.59. The molecule has 0 aliphatic carbocycles. The van der Waals surface area contributed by atoms with E-state index in [0.29, 0.717) is 25.2 Å². The first-order chi connectivity index (χ1) is 14.2. The minimum absolute atomic E-state index is 0.0595. The van der Waals surface area contributed by atoms with E-state index in [9.17, 15) is 13.2 Å². The molecule has 0 atom stereocenters. The molecular formula is C21H25N5O3S. The highest BCUT2D eigenvalue weighted by atomic mass is 32.2. The van der Waals surface area contributed by atoms with Gasteiger partial charge in [-0.1, -0.05) is 19.9 Å². The van der Waals surface area contributed by atoms with Gasteiger partial charge in [-0.25, -0.2) is 13.1 Å². The summed E-state index contributed by atoms with van der Waals surface area (Å²) in [5, 5.41) is 8.21. The minimum atomic E-state index is -3.70. The van der Waals surface area contributed by atoms with E-state index in [4.69, 9.17) is 0 Å². The van der Waals surface area contributed by atoms with Crippen LogP contribution in [0.4, 0.5) is 5.69 Å². The lowest BCUT2D eigenvalue weighted by atomic mass is 9.77. The van der Waals surface area contributed by atoms with Gasteiger partial charge in [0.25, 0.3) is 0 Å². The van der Waals surface area contributed by atoms with E-state index in [1.54, 1.807) is 23.1 Å². The van der Waals surface area contributed by atoms with Gasteiger partial charge in [0.05, 0.1) is 4.90 Å². The van der Waals surface area contributed by atoms with E-state index in [2.05, 4.69) is 14.9 Å². The number of nitrogens with zero attached hydrogens (tertiary/aromatic N) is 4. The van der Waals surface area contributed by atoms with Crippen LogP contribution in [0.15, 0.2) is 47.5 Å². The van der Waals surface area contributed by atoms with Crippen molar-refractivity contribution in [2.24, 2.45) is 0 Å². The zero-order valence-corrected chi connectivity index (χ0v) is 18.1. The van der Waals surface area contributed by atoms with Crippen LogP contribution in [-0.4, -0.2) is 42.0 Å². The maximum atomic E-state index is 12.9. The largest absolute Gasteiger partial charge is 0.312 e. The van der Waals surface area contributed by atoms with Crippen LogP contribution in [0.5, 0.6) is 0 Å². The molecule has 9 heteroatoms. The fraction of sp³-hybridized carbons (Fsp3) is 0.381. The Morgan fingerprint density at radius 3 is 2.73 bits per heavy atom. The first kappa shape index (κ1) is 20.5. The molecule has 1 aliphatic heterocycles. The van der Waals surface area contributed by atoms with Crippen molar-refractivity contribution >= 4 is 27.3 Å². The maximum Gasteiger partial charge on any atom is 0.240 e. The van der Waals surface area contributed by atoms with Crippen LogP contribution >= 0.6 is 0 Å². The number of amides is 1. The van der Waals surface area contributed by atoms with Gasteiger partial charge in [-0.05, 0) is 42.8 Å². The van der Waals surface area contributed by atoms with Crippen LogP contribution < -0.4 is 9.62 Å². The number of carbonyl (C=O) groups is 1. The zero-order chi connectivity index (χ0) is 21.5. The Morgan fingerprint density at radius 1 is 1.17 bits per heavy atom. The lowest BCUT2D eigenvalue weighted by molar-refractivity contribution is -0.120. The Kier molecular flexibility index (Phi) is 5.11. The standard InChI is InChI=1S/C21H25N5O3S/c1-4-25-17-9-8-15(13-16(17)21(2,3)14-20(25)27)30(28,29)22-11-10-19-24-23-18-7-5-6-12-26(18)19/h5-9,12-13,22H,4,10-11,14H2,1-3H3. The third-order valence-corrected chi connectivity index (χ3v) is 6.99. The lowest BCUT2D eigenvalue weighted by Gasteiger charge is -2.38. The third-order valence-electron chi connectivity index (χ3n) is 5.53. The first-order valence-electron chi connectivity index (χ1n) is 9.96. The number of hydrogen-bond donors (Lipinski definition) is 1. The number of hydrogen-bond acceptors (Lipinski definition) is 5. The van der Waals surface area contributed by atoms with Gasteiger partial charge in [0.2, 0.25) is 15.9 Å². The molecule has 1 amide bonds. The smallest absolute Gasteiger partial charge is 0.240 e. The lowest BCUT2D eigenvalue weighted by Crippen LogP contribution is -2.42. The summed E-state index contributed by atoms with van der Waals surface area (Å²) in [7, 11) is -3.70. The molecule has 30 heavy (non-hydrogen) atoms. The Hall–Kier alpha value is -2.78. The van der Waals surface area contributed by atoms with Crippen LogP contribution in [0.2, 0.25) is 0 Å². The molecule has 0 bridgehead atoms. The molecule has 0 spiro atoms. The Morgan fingerprint density at radius 2 is 1.97 bits per heavy atom. The number of aromatic nitrogens is 3. The molecule has 0 unspecified atom stereocenters. The second kappa shape index (κ2) is 7.48. The van der Waals surface area contributed by atoms with Crippen molar-refractivity contribution in [3.8, 4) is 0 Å². The average molecular weight is 428 g/mol. The Balaban J connectivity index is 1.55. The fourth-order valence-corrected chi connectivity index (χ4v) is 5.01. The topological polar surface area (TPSA) is 96.7 Å². The summed E-state index contributed by atoms with van der Waals surface area (Å²) < 4.78 is 30.3. The summed E-state index contributed by atoms with van der Waals surface area (Å²) >= 11 is 0. The second-order valence-corrected chi connectivity index (χ2v) is 9.84. The van der Waals surface area contributed by atoms with Gasteiger partial charge in [-0.3, -0.25) is 9.20 Å². The molecule has 2 aromatic heterocycles. The predicted molar refractivity (Wildman–Crippen MR) is 114 cm³/mol. The van der Waals surface area contributed by atoms with Crippen molar-refractivity contribution in [1.82, 2.24) is 19.3 Å². The monoisotopic (exact) mass is 427 g/mol. The zero-order valence-electron chi connectivity index (χ0n) is 17.3. The molecule has 1 aliphatic rings. The second-order valence-electron chi connectivity index (χ2n) is 8.07. The van der Waals surface area contributed by atoms with Gasteiger partial charge in [0.15, 0.2) is 5.65 Å². The van der Waals surface area contributed by atoms with Gasteiger partial charge in [-0.15, -0.1) is 10.2 Å². The summed E-state index contributed by atoms with van der Waals surface area (Å²) in [6.45, 7) is 6.62. The molecule has 158 valence electrons. The van der Waals surface area contributed by atoms with Crippen LogP contribution in [-0.2, 0) is 26.7 Å². The summed E-state index contributed by atoms with van der Waals surface area (Å²) in [4.78, 5) is 14.3. The van der Waals surface area contributed by atoms with Crippen LogP contribution in [0, 0.1) is 0 Å². The number of nitrogens with one attached hydrogen (secondary N) is 1. The van der Waals surface area contributed by atoms with Crippen LogP contribution in [0.3, 0.4) is 0 Å². The molecule has 0 saturated carbocycles. The van der Waals surface area contributed by atoms with E-state index in [-0.39, 0.29) is 17.3 Å². The number of sulfonamides is 1. The number of fused-ring (bicyclic) bond motifs is 2. The van der Waals surface area contributed by atoms with Crippen LogP contribution in [0.1, 0.15) is 38.6 Å². The number of rotatable bonds is 6. The molecule has 3 aromatic rings. The predicted octanol–water partition coefficient (Wildman–Crippen LogP) is 2.28.